The highest BCUT2D eigenvalue weighted by Crippen LogP contribution is 2.24. The number of ether oxygens (including phenoxy) is 1. The number of hydrogen-bond acceptors (Lipinski definition) is 4. The van der Waals surface area contributed by atoms with E-state index < -0.39 is 6.09 Å². The summed E-state index contributed by atoms with van der Waals surface area (Å²) >= 11 is 3.41. The number of carbonyl (C=O) groups is 1. The number of hydrogen-bond donors (Lipinski definition) is 1. The van der Waals surface area contributed by atoms with Gasteiger partial charge in [-0.05, 0) is 31.2 Å². The van der Waals surface area contributed by atoms with Crippen LogP contribution in [0.2, 0.25) is 0 Å². The van der Waals surface area contributed by atoms with Crippen molar-refractivity contribution in [1.82, 2.24) is 5.43 Å². The van der Waals surface area contributed by atoms with E-state index in [1.807, 2.05) is 30.3 Å². The van der Waals surface area contributed by atoms with E-state index in [-0.39, 0.29) is 0 Å². The maximum atomic E-state index is 11.0. The number of furan rings is 1. The molecule has 0 spiro atoms. The van der Waals surface area contributed by atoms with Crippen LogP contribution in [0, 0.1) is 0 Å². The molecule has 20 heavy (non-hydrogen) atoms. The Hall–Kier alpha value is -2.08. The van der Waals surface area contributed by atoms with Crippen molar-refractivity contribution in [1.29, 1.82) is 0 Å². The summed E-state index contributed by atoms with van der Waals surface area (Å²) < 4.78 is 11.2. The van der Waals surface area contributed by atoms with Gasteiger partial charge >= 0.3 is 6.09 Å². The number of nitrogens with one attached hydrogen (secondary N) is 1. The summed E-state index contributed by atoms with van der Waals surface area (Å²) in [6, 6.07) is 11.4. The summed E-state index contributed by atoms with van der Waals surface area (Å²) in [5.41, 5.74) is 3.19. The third kappa shape index (κ3) is 3.96. The Labute approximate surface area is 124 Å². The van der Waals surface area contributed by atoms with Crippen molar-refractivity contribution in [3.63, 3.8) is 0 Å². The van der Waals surface area contributed by atoms with Gasteiger partial charge in [-0.1, -0.05) is 28.1 Å². The van der Waals surface area contributed by atoms with Crippen LogP contribution in [-0.4, -0.2) is 18.9 Å². The Morgan fingerprint density at radius 1 is 1.45 bits per heavy atom. The molecule has 1 N–H and O–H groups in total. The second-order valence-corrected chi connectivity index (χ2v) is 4.72. The van der Waals surface area contributed by atoms with Gasteiger partial charge in [-0.3, -0.25) is 0 Å². The van der Waals surface area contributed by atoms with E-state index in [0.717, 1.165) is 15.8 Å². The molecular weight excluding hydrogens is 324 g/mol. The van der Waals surface area contributed by atoms with Crippen molar-refractivity contribution in [3.8, 4) is 11.3 Å². The van der Waals surface area contributed by atoms with Crippen LogP contribution in [0.5, 0.6) is 0 Å². The van der Waals surface area contributed by atoms with Crippen LogP contribution in [0.25, 0.3) is 11.3 Å². The van der Waals surface area contributed by atoms with Gasteiger partial charge in [0.1, 0.15) is 11.5 Å². The lowest BCUT2D eigenvalue weighted by Crippen LogP contribution is -2.18. The number of hydrazone groups is 1. The molecule has 2 aromatic rings. The van der Waals surface area contributed by atoms with Gasteiger partial charge in [0, 0.05) is 10.0 Å². The van der Waals surface area contributed by atoms with Crippen LogP contribution < -0.4 is 5.43 Å². The van der Waals surface area contributed by atoms with E-state index >= 15 is 0 Å². The monoisotopic (exact) mass is 336 g/mol. The molecule has 0 unspecified atom stereocenters. The van der Waals surface area contributed by atoms with E-state index in [1.165, 1.54) is 6.21 Å². The van der Waals surface area contributed by atoms with Gasteiger partial charge in [-0.15, -0.1) is 0 Å². The summed E-state index contributed by atoms with van der Waals surface area (Å²) in [4.78, 5) is 11.0. The molecule has 0 saturated carbocycles. The average Bonchev–Trinajstić information content (AvgIpc) is 2.88. The largest absolute Gasteiger partial charge is 0.455 e. The van der Waals surface area contributed by atoms with E-state index in [4.69, 9.17) is 4.42 Å². The molecule has 0 bridgehead atoms. The van der Waals surface area contributed by atoms with Crippen LogP contribution in [-0.2, 0) is 4.74 Å². The van der Waals surface area contributed by atoms with Crippen LogP contribution in [0.15, 0.2) is 50.4 Å². The first-order valence-electron chi connectivity index (χ1n) is 6.00. The first kappa shape index (κ1) is 14.3. The van der Waals surface area contributed by atoms with Crippen molar-refractivity contribution < 1.29 is 13.9 Å². The lowest BCUT2D eigenvalue weighted by atomic mass is 10.2. The molecule has 0 aliphatic rings. The molecule has 1 heterocycles. The van der Waals surface area contributed by atoms with Crippen molar-refractivity contribution >= 4 is 28.2 Å². The normalized spacial score (nSPS) is 10.7. The molecular formula is C14H13BrN2O3. The van der Waals surface area contributed by atoms with Crippen molar-refractivity contribution in [2.75, 3.05) is 6.61 Å². The Morgan fingerprint density at radius 3 is 3.05 bits per heavy atom. The molecule has 0 aliphatic heterocycles. The second-order valence-electron chi connectivity index (χ2n) is 3.80. The van der Waals surface area contributed by atoms with Crippen LogP contribution in [0.4, 0.5) is 4.79 Å². The number of benzene rings is 1. The summed E-state index contributed by atoms with van der Waals surface area (Å²) in [5, 5.41) is 3.73. The summed E-state index contributed by atoms with van der Waals surface area (Å²) in [7, 11) is 0. The number of rotatable bonds is 4. The fraction of sp³-hybridized carbons (Fsp3) is 0.143. The first-order chi connectivity index (χ1) is 9.69. The Balaban J connectivity index is 2.02. The zero-order valence-electron chi connectivity index (χ0n) is 10.8. The van der Waals surface area contributed by atoms with Gasteiger partial charge in [0.2, 0.25) is 0 Å². The predicted octanol–water partition coefficient (Wildman–Crippen LogP) is 3.79. The van der Waals surface area contributed by atoms with Crippen molar-refractivity contribution in [2.45, 2.75) is 6.92 Å². The molecule has 2 rings (SSSR count). The smallest absolute Gasteiger partial charge is 0.427 e. The van der Waals surface area contributed by atoms with E-state index in [1.54, 1.807) is 13.0 Å². The third-order valence-corrected chi connectivity index (χ3v) is 2.85. The Kier molecular flexibility index (Phi) is 4.95. The van der Waals surface area contributed by atoms with Crippen molar-refractivity contribution in [2.24, 2.45) is 5.10 Å². The van der Waals surface area contributed by atoms with Crippen LogP contribution in [0.1, 0.15) is 12.7 Å². The topological polar surface area (TPSA) is 63.8 Å². The number of amides is 1. The maximum absolute atomic E-state index is 11.0. The van der Waals surface area contributed by atoms with Gasteiger partial charge in [0.25, 0.3) is 0 Å². The lowest BCUT2D eigenvalue weighted by molar-refractivity contribution is 0.152. The predicted molar refractivity (Wildman–Crippen MR) is 79.6 cm³/mol. The number of halogens is 1. The minimum Gasteiger partial charge on any atom is -0.455 e. The molecule has 0 aliphatic carbocycles. The highest BCUT2D eigenvalue weighted by atomic mass is 79.9. The van der Waals surface area contributed by atoms with E-state index in [0.29, 0.717) is 12.4 Å². The first-order valence-corrected chi connectivity index (χ1v) is 6.80. The van der Waals surface area contributed by atoms with Gasteiger partial charge in [-0.25, -0.2) is 10.2 Å². The van der Waals surface area contributed by atoms with Gasteiger partial charge in [-0.2, -0.15) is 5.10 Å². The molecule has 6 heteroatoms. The molecule has 0 saturated heterocycles. The standard InChI is InChI=1S/C14H13BrN2O3/c1-2-19-14(18)17-16-9-12-6-7-13(20-12)10-4-3-5-11(15)8-10/h3-9H,2H2,1H3,(H,17,18). The second kappa shape index (κ2) is 6.91. The highest BCUT2D eigenvalue weighted by molar-refractivity contribution is 9.10. The molecule has 104 valence electrons. The summed E-state index contributed by atoms with van der Waals surface area (Å²) in [6.45, 7) is 2.02. The lowest BCUT2D eigenvalue weighted by Gasteiger charge is -1.98. The summed E-state index contributed by atoms with van der Waals surface area (Å²) in [5.74, 6) is 1.26. The zero-order valence-corrected chi connectivity index (χ0v) is 12.4. The average molecular weight is 337 g/mol. The molecule has 0 radical (unpaired) electrons. The molecule has 5 nitrogen and oxygen atoms in total. The van der Waals surface area contributed by atoms with Crippen LogP contribution >= 0.6 is 15.9 Å². The number of carbonyl (C=O) groups excluding carboxylic acids is 1. The molecule has 1 aromatic heterocycles. The maximum Gasteiger partial charge on any atom is 0.427 e. The summed E-state index contributed by atoms with van der Waals surface area (Å²) in [6.07, 6.45) is 0.820. The van der Waals surface area contributed by atoms with Crippen molar-refractivity contribution in [3.05, 3.63) is 46.6 Å². The Bertz CT molecular complexity index is 622. The number of nitrogens with zero attached hydrogens (tertiary/aromatic N) is 1. The minimum atomic E-state index is -0.595. The fourth-order valence-electron chi connectivity index (χ4n) is 1.53. The SMILES string of the molecule is CCOC(=O)NN=Cc1ccc(-c2cccc(Br)c2)o1. The fourth-order valence-corrected chi connectivity index (χ4v) is 1.93. The molecule has 1 aromatic carbocycles. The molecule has 0 atom stereocenters. The van der Waals surface area contributed by atoms with Gasteiger partial charge in [0.15, 0.2) is 0 Å². The zero-order chi connectivity index (χ0) is 14.4. The molecule has 1 amide bonds. The quantitative estimate of drug-likeness (QED) is 0.682. The Morgan fingerprint density at radius 2 is 2.30 bits per heavy atom. The van der Waals surface area contributed by atoms with Gasteiger partial charge in [0.05, 0.1) is 12.8 Å². The molecule has 0 fully saturated rings. The minimum absolute atomic E-state index is 0.301. The van der Waals surface area contributed by atoms with Gasteiger partial charge < -0.3 is 9.15 Å². The van der Waals surface area contributed by atoms with Crippen LogP contribution in [0.3, 0.4) is 0 Å². The van der Waals surface area contributed by atoms with E-state index in [2.05, 4.69) is 31.2 Å². The third-order valence-electron chi connectivity index (χ3n) is 2.36. The van der Waals surface area contributed by atoms with E-state index in [9.17, 15) is 4.79 Å². The highest BCUT2D eigenvalue weighted by Gasteiger charge is 2.04.